The molecule has 0 spiro atoms. The lowest BCUT2D eigenvalue weighted by Gasteiger charge is -2.05. The number of aromatic nitrogens is 1. The Hall–Kier alpha value is -1.95. The number of carbonyl (C=O) groups is 2. The van der Waals surface area contributed by atoms with Crippen LogP contribution in [0.15, 0.2) is 18.3 Å². The second-order valence-corrected chi connectivity index (χ2v) is 2.82. The number of hydrogen-bond donors (Lipinski definition) is 2. The topological polar surface area (TPSA) is 94.3 Å². The third-order valence-electron chi connectivity index (χ3n) is 1.63. The Kier molecular flexibility index (Phi) is 3.75. The minimum absolute atomic E-state index is 0.356. The number of primary amides is 1. The van der Waals surface area contributed by atoms with E-state index < -0.39 is 11.8 Å². The Balaban J connectivity index is 2.54. The quantitative estimate of drug-likeness (QED) is 0.656. The summed E-state index contributed by atoms with van der Waals surface area (Å²) in [6.45, 7) is 1.34. The zero-order valence-electron chi connectivity index (χ0n) is 8.19. The van der Waals surface area contributed by atoms with Crippen LogP contribution in [-0.2, 0) is 9.63 Å². The lowest BCUT2D eigenvalue weighted by atomic mass is 10.2. The summed E-state index contributed by atoms with van der Waals surface area (Å²) in [5, 5.41) is 0. The fourth-order valence-corrected chi connectivity index (χ4v) is 0.952. The van der Waals surface area contributed by atoms with E-state index in [2.05, 4.69) is 15.3 Å². The number of hydrogen-bond acceptors (Lipinski definition) is 4. The highest BCUT2D eigenvalue weighted by atomic mass is 16.7. The summed E-state index contributed by atoms with van der Waals surface area (Å²) < 4.78 is 0. The van der Waals surface area contributed by atoms with E-state index in [1.807, 2.05) is 0 Å². The number of amides is 2. The first-order valence-electron chi connectivity index (χ1n) is 4.23. The first kappa shape index (κ1) is 11.1. The predicted molar refractivity (Wildman–Crippen MR) is 51.6 cm³/mol. The highest BCUT2D eigenvalue weighted by Crippen LogP contribution is 2.02. The van der Waals surface area contributed by atoms with Gasteiger partial charge in [-0.25, -0.2) is 5.48 Å². The molecule has 6 heteroatoms. The van der Waals surface area contributed by atoms with Crippen LogP contribution < -0.4 is 11.2 Å². The van der Waals surface area contributed by atoms with Gasteiger partial charge in [-0.15, -0.1) is 0 Å². The monoisotopic (exact) mass is 209 g/mol. The van der Waals surface area contributed by atoms with E-state index in [4.69, 9.17) is 5.73 Å². The van der Waals surface area contributed by atoms with E-state index in [-0.39, 0.29) is 6.61 Å². The molecule has 0 bridgehead atoms. The van der Waals surface area contributed by atoms with Crippen molar-refractivity contribution in [1.82, 2.24) is 10.5 Å². The van der Waals surface area contributed by atoms with Crippen LogP contribution in [0.25, 0.3) is 0 Å². The highest BCUT2D eigenvalue weighted by Gasteiger charge is 2.08. The molecular formula is C9H11N3O3. The van der Waals surface area contributed by atoms with Gasteiger partial charge < -0.3 is 5.73 Å². The van der Waals surface area contributed by atoms with Gasteiger partial charge in [0.2, 0.25) is 5.91 Å². The van der Waals surface area contributed by atoms with Gasteiger partial charge in [-0.3, -0.25) is 19.4 Å². The molecule has 0 saturated heterocycles. The summed E-state index contributed by atoms with van der Waals surface area (Å²) in [4.78, 5) is 30.2. The summed E-state index contributed by atoms with van der Waals surface area (Å²) in [6.07, 6.45) is 1.58. The Bertz CT molecular complexity index is 379. The fourth-order valence-electron chi connectivity index (χ4n) is 0.952. The number of hydroxylamine groups is 1. The molecule has 1 rings (SSSR count). The molecule has 0 atom stereocenters. The van der Waals surface area contributed by atoms with Crippen molar-refractivity contribution in [2.75, 3.05) is 6.61 Å². The predicted octanol–water partition coefficient (Wildman–Crippen LogP) is -0.463. The van der Waals surface area contributed by atoms with Gasteiger partial charge in [0.15, 0.2) is 6.61 Å². The van der Waals surface area contributed by atoms with Gasteiger partial charge in [0.05, 0.1) is 11.3 Å². The molecule has 6 nitrogen and oxygen atoms in total. The highest BCUT2D eigenvalue weighted by molar-refractivity contribution is 5.94. The van der Waals surface area contributed by atoms with Crippen LogP contribution in [0.1, 0.15) is 16.1 Å². The molecule has 15 heavy (non-hydrogen) atoms. The Morgan fingerprint density at radius 1 is 1.60 bits per heavy atom. The summed E-state index contributed by atoms with van der Waals surface area (Å²) in [5.74, 6) is -1.11. The molecule has 0 aliphatic heterocycles. The van der Waals surface area contributed by atoms with Gasteiger partial charge in [0, 0.05) is 6.20 Å². The number of carbonyl (C=O) groups excluding carboxylic acids is 2. The number of nitrogens with two attached hydrogens (primary N) is 1. The average Bonchev–Trinajstić information content (AvgIpc) is 2.17. The number of nitrogens with one attached hydrogen (secondary N) is 1. The molecule has 2 amide bonds. The van der Waals surface area contributed by atoms with E-state index in [0.29, 0.717) is 11.3 Å². The maximum absolute atomic E-state index is 11.4. The summed E-state index contributed by atoms with van der Waals surface area (Å²) in [7, 11) is 0. The van der Waals surface area contributed by atoms with Crippen molar-refractivity contribution in [3.8, 4) is 0 Å². The number of pyridine rings is 1. The molecule has 1 aromatic rings. The number of rotatable bonds is 4. The number of nitrogens with zero attached hydrogens (tertiary/aromatic N) is 1. The van der Waals surface area contributed by atoms with Crippen molar-refractivity contribution >= 4 is 11.8 Å². The molecule has 1 heterocycles. The van der Waals surface area contributed by atoms with Gasteiger partial charge in [0.1, 0.15) is 0 Å². The second-order valence-electron chi connectivity index (χ2n) is 2.82. The minimum atomic E-state index is -0.654. The van der Waals surface area contributed by atoms with Crippen LogP contribution in [-0.4, -0.2) is 23.4 Å². The van der Waals surface area contributed by atoms with E-state index in [9.17, 15) is 9.59 Å². The normalized spacial score (nSPS) is 9.67. The SMILES string of the molecule is Cc1ncccc1C(=O)NOCC(N)=O. The van der Waals surface area contributed by atoms with E-state index in [1.54, 1.807) is 25.3 Å². The molecule has 1 aromatic heterocycles. The van der Waals surface area contributed by atoms with Gasteiger partial charge in [-0.05, 0) is 19.1 Å². The molecule has 0 unspecified atom stereocenters. The van der Waals surface area contributed by atoms with Crippen LogP contribution in [0.3, 0.4) is 0 Å². The summed E-state index contributed by atoms with van der Waals surface area (Å²) >= 11 is 0. The molecule has 0 aliphatic rings. The maximum atomic E-state index is 11.4. The fraction of sp³-hybridized carbons (Fsp3) is 0.222. The molecule has 3 N–H and O–H groups in total. The third kappa shape index (κ3) is 3.35. The Morgan fingerprint density at radius 3 is 2.93 bits per heavy atom. The first-order valence-corrected chi connectivity index (χ1v) is 4.23. The summed E-state index contributed by atoms with van der Waals surface area (Å²) in [6, 6.07) is 3.24. The molecular weight excluding hydrogens is 198 g/mol. The molecule has 0 radical (unpaired) electrons. The molecule has 0 fully saturated rings. The van der Waals surface area contributed by atoms with Gasteiger partial charge in [-0.2, -0.15) is 0 Å². The van der Waals surface area contributed by atoms with Crippen molar-refractivity contribution in [2.45, 2.75) is 6.92 Å². The molecule has 0 saturated carbocycles. The van der Waals surface area contributed by atoms with Crippen LogP contribution in [0, 0.1) is 6.92 Å². The van der Waals surface area contributed by atoms with Crippen molar-refractivity contribution in [2.24, 2.45) is 5.73 Å². The lowest BCUT2D eigenvalue weighted by molar-refractivity contribution is -0.124. The van der Waals surface area contributed by atoms with E-state index in [1.165, 1.54) is 0 Å². The van der Waals surface area contributed by atoms with Crippen molar-refractivity contribution in [1.29, 1.82) is 0 Å². The minimum Gasteiger partial charge on any atom is -0.368 e. The van der Waals surface area contributed by atoms with E-state index in [0.717, 1.165) is 0 Å². The van der Waals surface area contributed by atoms with Crippen LogP contribution in [0.2, 0.25) is 0 Å². The zero-order valence-corrected chi connectivity index (χ0v) is 8.19. The Morgan fingerprint density at radius 2 is 2.33 bits per heavy atom. The lowest BCUT2D eigenvalue weighted by Crippen LogP contribution is -2.29. The maximum Gasteiger partial charge on any atom is 0.276 e. The van der Waals surface area contributed by atoms with Gasteiger partial charge >= 0.3 is 0 Å². The largest absolute Gasteiger partial charge is 0.368 e. The van der Waals surface area contributed by atoms with Crippen molar-refractivity contribution in [3.63, 3.8) is 0 Å². The van der Waals surface area contributed by atoms with Crippen molar-refractivity contribution in [3.05, 3.63) is 29.6 Å². The molecule has 0 aliphatic carbocycles. The first-order chi connectivity index (χ1) is 7.11. The smallest absolute Gasteiger partial charge is 0.276 e. The van der Waals surface area contributed by atoms with Crippen LogP contribution in [0.5, 0.6) is 0 Å². The second kappa shape index (κ2) is 5.06. The Labute approximate surface area is 86.4 Å². The molecule has 80 valence electrons. The zero-order chi connectivity index (χ0) is 11.3. The molecule has 0 aromatic carbocycles. The van der Waals surface area contributed by atoms with Gasteiger partial charge in [-0.1, -0.05) is 0 Å². The van der Waals surface area contributed by atoms with Crippen molar-refractivity contribution < 1.29 is 14.4 Å². The third-order valence-corrected chi connectivity index (χ3v) is 1.63. The van der Waals surface area contributed by atoms with Crippen LogP contribution >= 0.6 is 0 Å². The van der Waals surface area contributed by atoms with Gasteiger partial charge in [0.25, 0.3) is 5.91 Å². The van der Waals surface area contributed by atoms with E-state index >= 15 is 0 Å². The summed E-state index contributed by atoms with van der Waals surface area (Å²) in [5.41, 5.74) is 7.88. The average molecular weight is 209 g/mol. The standard InChI is InChI=1S/C9H11N3O3/c1-6-7(3-2-4-11-6)9(14)12-15-5-8(10)13/h2-4H,5H2,1H3,(H2,10,13)(H,12,14). The number of aryl methyl sites for hydroxylation is 1. The van der Waals surface area contributed by atoms with Crippen LogP contribution in [0.4, 0.5) is 0 Å².